The van der Waals surface area contributed by atoms with E-state index in [4.69, 9.17) is 14.8 Å². The molecule has 1 atom stereocenters. The molecule has 0 aromatic heterocycles. The summed E-state index contributed by atoms with van der Waals surface area (Å²) in [5, 5.41) is 13.9. The average Bonchev–Trinajstić information content (AvgIpc) is 1.79. The van der Waals surface area contributed by atoms with Crippen molar-refractivity contribution in [3.05, 3.63) is 0 Å². The second kappa shape index (κ2) is 11.0. The molecule has 3 N–H and O–H groups in total. The Morgan fingerprint density at radius 2 is 1.40 bits per heavy atom. The van der Waals surface area contributed by atoms with E-state index in [2.05, 4.69) is 0 Å². The number of carbonyl (C=O) groups is 2. The molecule has 0 saturated heterocycles. The van der Waals surface area contributed by atoms with Gasteiger partial charge in [0.1, 0.15) is 0 Å². The molecular weight excluding hydrogens is 261 g/mol. The predicted octanol–water partition coefficient (Wildman–Crippen LogP) is -3.14. The summed E-state index contributed by atoms with van der Waals surface area (Å²) in [5.41, 5.74) is 0. The standard InChI is InChI=1S/C4H6O7S.3Na.3H/c5-3(6)1-2(4(7)8)12(9,10)11;;;;;;/h2H,1H2,(H,5,6)(H,7,8)(H,9,10,11);;;;;;. The van der Waals surface area contributed by atoms with Crippen molar-refractivity contribution < 1.29 is 32.8 Å². The molecule has 0 bridgehead atoms. The van der Waals surface area contributed by atoms with Crippen LogP contribution in [0.3, 0.4) is 0 Å². The van der Waals surface area contributed by atoms with E-state index in [0.29, 0.717) is 0 Å². The fourth-order valence-corrected chi connectivity index (χ4v) is 1.09. The summed E-state index contributed by atoms with van der Waals surface area (Å²) in [6, 6.07) is 0. The van der Waals surface area contributed by atoms with Gasteiger partial charge in [0, 0.05) is 0 Å². The quantitative estimate of drug-likeness (QED) is 0.363. The van der Waals surface area contributed by atoms with Crippen LogP contribution in [0.1, 0.15) is 6.42 Å². The van der Waals surface area contributed by atoms with Crippen LogP contribution in [0.15, 0.2) is 0 Å². The normalized spacial score (nSPS) is 11.0. The molecule has 11 heteroatoms. The van der Waals surface area contributed by atoms with Crippen LogP contribution in [0.5, 0.6) is 0 Å². The minimum absolute atomic E-state index is 0. The summed E-state index contributed by atoms with van der Waals surface area (Å²) in [7, 11) is -4.84. The molecule has 1 unspecified atom stereocenters. The first kappa shape index (κ1) is 25.6. The van der Waals surface area contributed by atoms with Gasteiger partial charge in [-0.3, -0.25) is 14.1 Å². The Morgan fingerprint density at radius 3 is 1.47 bits per heavy atom. The number of hydrogen-bond acceptors (Lipinski definition) is 4. The monoisotopic (exact) mass is 270 g/mol. The summed E-state index contributed by atoms with van der Waals surface area (Å²) in [5.74, 6) is -3.50. The van der Waals surface area contributed by atoms with Crippen molar-refractivity contribution in [1.82, 2.24) is 0 Å². The third-order valence-corrected chi connectivity index (χ3v) is 2.08. The van der Waals surface area contributed by atoms with Gasteiger partial charge in [0.15, 0.2) is 5.25 Å². The summed E-state index contributed by atoms with van der Waals surface area (Å²) < 4.78 is 28.7. The molecule has 76 valence electrons. The minimum atomic E-state index is -4.84. The van der Waals surface area contributed by atoms with Crippen LogP contribution in [0, 0.1) is 0 Å². The van der Waals surface area contributed by atoms with Crippen molar-refractivity contribution in [3.63, 3.8) is 0 Å². The molecule has 0 heterocycles. The SMILES string of the molecule is O=C(O)CC(C(=O)O)S(=O)(=O)O.[NaH].[NaH].[NaH]. The molecule has 0 amide bonds. The summed E-state index contributed by atoms with van der Waals surface area (Å²) in [6.07, 6.45) is -1.16. The van der Waals surface area contributed by atoms with Gasteiger partial charge in [-0.15, -0.1) is 0 Å². The van der Waals surface area contributed by atoms with E-state index in [1.54, 1.807) is 0 Å². The van der Waals surface area contributed by atoms with Crippen molar-refractivity contribution in [1.29, 1.82) is 0 Å². The third kappa shape index (κ3) is 12.1. The van der Waals surface area contributed by atoms with Gasteiger partial charge < -0.3 is 10.2 Å². The van der Waals surface area contributed by atoms with E-state index in [1.807, 2.05) is 0 Å². The topological polar surface area (TPSA) is 129 Å². The zero-order valence-corrected chi connectivity index (χ0v) is 6.48. The number of carboxylic acid groups (broad SMARTS) is 2. The first-order chi connectivity index (χ1) is 5.25. The molecule has 0 saturated carbocycles. The molecule has 0 aromatic rings. The number of rotatable bonds is 4. The molecule has 0 fully saturated rings. The third-order valence-electron chi connectivity index (χ3n) is 0.995. The molecule has 15 heavy (non-hydrogen) atoms. The van der Waals surface area contributed by atoms with Gasteiger partial charge in [-0.25, -0.2) is 0 Å². The van der Waals surface area contributed by atoms with E-state index in [9.17, 15) is 18.0 Å². The molecule has 0 rings (SSSR count). The maximum absolute atomic E-state index is 10.2. The fraction of sp³-hybridized carbons (Fsp3) is 0.500. The van der Waals surface area contributed by atoms with Crippen LogP contribution in [-0.2, 0) is 19.7 Å². The van der Waals surface area contributed by atoms with Crippen molar-refractivity contribution in [2.24, 2.45) is 0 Å². The molecular formula is C4H9Na3O7S. The van der Waals surface area contributed by atoms with Crippen molar-refractivity contribution in [2.45, 2.75) is 11.7 Å². The van der Waals surface area contributed by atoms with Crippen molar-refractivity contribution >= 4 is 111 Å². The molecule has 0 aliphatic heterocycles. The summed E-state index contributed by atoms with van der Waals surface area (Å²) in [4.78, 5) is 20.0. The van der Waals surface area contributed by atoms with Gasteiger partial charge in [0.2, 0.25) is 0 Å². The van der Waals surface area contributed by atoms with Gasteiger partial charge >= 0.3 is 101 Å². The van der Waals surface area contributed by atoms with Gasteiger partial charge in [-0.05, 0) is 0 Å². The van der Waals surface area contributed by atoms with Crippen molar-refractivity contribution in [3.8, 4) is 0 Å². The Bertz CT molecular complexity index is 299. The van der Waals surface area contributed by atoms with Gasteiger partial charge in [0.05, 0.1) is 6.42 Å². The van der Waals surface area contributed by atoms with Gasteiger partial charge in [0.25, 0.3) is 10.1 Å². The van der Waals surface area contributed by atoms with Crippen LogP contribution in [-0.4, -0.2) is 129 Å². The van der Waals surface area contributed by atoms with E-state index in [0.717, 1.165) is 0 Å². The zero-order valence-electron chi connectivity index (χ0n) is 5.67. The molecule has 0 spiro atoms. The van der Waals surface area contributed by atoms with Crippen LogP contribution in [0.4, 0.5) is 0 Å². The van der Waals surface area contributed by atoms with Crippen LogP contribution in [0.25, 0.3) is 0 Å². The first-order valence-electron chi connectivity index (χ1n) is 2.66. The molecule has 0 aliphatic rings. The summed E-state index contributed by atoms with van der Waals surface area (Å²) >= 11 is 0. The van der Waals surface area contributed by atoms with Crippen molar-refractivity contribution in [2.75, 3.05) is 0 Å². The summed E-state index contributed by atoms with van der Waals surface area (Å²) in [6.45, 7) is 0. The first-order valence-corrected chi connectivity index (χ1v) is 4.16. The number of hydrogen-bond donors (Lipinski definition) is 3. The Morgan fingerprint density at radius 1 is 1.07 bits per heavy atom. The molecule has 7 nitrogen and oxygen atoms in total. The molecule has 0 aromatic carbocycles. The van der Waals surface area contributed by atoms with Gasteiger partial charge in [-0.1, -0.05) is 0 Å². The Kier molecular flexibility index (Phi) is 18.7. The van der Waals surface area contributed by atoms with E-state index >= 15 is 0 Å². The second-order valence-corrected chi connectivity index (χ2v) is 3.54. The molecule has 0 radical (unpaired) electrons. The fourth-order valence-electron chi connectivity index (χ4n) is 0.479. The van der Waals surface area contributed by atoms with Crippen LogP contribution >= 0.6 is 0 Å². The van der Waals surface area contributed by atoms with Gasteiger partial charge in [-0.2, -0.15) is 8.42 Å². The maximum atomic E-state index is 10.2. The molecule has 0 aliphatic carbocycles. The van der Waals surface area contributed by atoms with E-state index < -0.39 is 33.7 Å². The number of aliphatic carboxylic acids is 2. The predicted molar refractivity (Wildman–Crippen MR) is 56.7 cm³/mol. The van der Waals surface area contributed by atoms with E-state index in [1.165, 1.54) is 0 Å². The second-order valence-electron chi connectivity index (χ2n) is 1.94. The Labute approximate surface area is 153 Å². The number of carboxylic acids is 2. The zero-order chi connectivity index (χ0) is 9.94. The average molecular weight is 270 g/mol. The Hall–Kier alpha value is 1.85. The van der Waals surface area contributed by atoms with Crippen LogP contribution in [0.2, 0.25) is 0 Å². The van der Waals surface area contributed by atoms with Crippen LogP contribution < -0.4 is 0 Å². The van der Waals surface area contributed by atoms with E-state index in [-0.39, 0.29) is 88.7 Å². The Balaban J connectivity index is -0.000000202.